The minimum atomic E-state index is -1.09. The smallest absolute Gasteiger partial charge is 0.344 e. The van der Waals surface area contributed by atoms with Gasteiger partial charge in [0.15, 0.2) is 17.6 Å². The number of hydrogen-bond acceptors (Lipinski definition) is 8. The Labute approximate surface area is 212 Å². The molecule has 0 fully saturated rings. The molecule has 37 heavy (non-hydrogen) atoms. The first-order chi connectivity index (χ1) is 18.0. The molecule has 2 atom stereocenters. The minimum absolute atomic E-state index is 0.239. The van der Waals surface area contributed by atoms with E-state index in [-0.39, 0.29) is 5.56 Å². The molecular formula is C28H25NO8. The molecule has 0 spiro atoms. The minimum Gasteiger partial charge on any atom is -0.497 e. The summed E-state index contributed by atoms with van der Waals surface area (Å²) in [6, 6.07) is 17.3. The maximum Gasteiger partial charge on any atom is 0.344 e. The van der Waals surface area contributed by atoms with E-state index >= 15 is 0 Å². The maximum absolute atomic E-state index is 13.6. The lowest BCUT2D eigenvalue weighted by Gasteiger charge is -2.21. The number of benzene rings is 3. The van der Waals surface area contributed by atoms with Crippen molar-refractivity contribution in [3.8, 4) is 28.7 Å². The Kier molecular flexibility index (Phi) is 6.35. The molecule has 0 saturated heterocycles. The lowest BCUT2D eigenvalue weighted by molar-refractivity contribution is -0.122. The largest absolute Gasteiger partial charge is 0.497 e. The van der Waals surface area contributed by atoms with Crippen molar-refractivity contribution in [3.05, 3.63) is 82.2 Å². The maximum atomic E-state index is 13.6. The lowest BCUT2D eigenvalue weighted by Crippen LogP contribution is -2.35. The van der Waals surface area contributed by atoms with Crippen molar-refractivity contribution in [2.75, 3.05) is 33.8 Å². The summed E-state index contributed by atoms with van der Waals surface area (Å²) in [6.45, 7) is 0. The van der Waals surface area contributed by atoms with Crippen LogP contribution in [0.2, 0.25) is 0 Å². The van der Waals surface area contributed by atoms with Crippen molar-refractivity contribution in [2.24, 2.45) is 0 Å². The van der Waals surface area contributed by atoms with Gasteiger partial charge in [-0.3, -0.25) is 4.79 Å². The molecule has 5 rings (SSSR count). The van der Waals surface area contributed by atoms with E-state index in [2.05, 4.69) is 5.32 Å². The van der Waals surface area contributed by atoms with Crippen LogP contribution in [0.25, 0.3) is 11.0 Å². The third-order valence-corrected chi connectivity index (χ3v) is 6.32. The van der Waals surface area contributed by atoms with Crippen LogP contribution in [0.3, 0.4) is 0 Å². The molecule has 9 nitrogen and oxygen atoms in total. The van der Waals surface area contributed by atoms with Crippen LogP contribution in [0, 0.1) is 0 Å². The number of rotatable bonds is 7. The van der Waals surface area contributed by atoms with Crippen LogP contribution in [0.4, 0.5) is 5.69 Å². The summed E-state index contributed by atoms with van der Waals surface area (Å²) < 4.78 is 33.5. The van der Waals surface area contributed by atoms with Crippen LogP contribution in [0.5, 0.6) is 28.7 Å². The first-order valence-corrected chi connectivity index (χ1v) is 11.5. The van der Waals surface area contributed by atoms with Crippen molar-refractivity contribution in [1.82, 2.24) is 0 Å². The SMILES string of the molecule is COc1ccc(NC(=O)C2Oc3c(c(=O)oc4ccccc34)C2c2cc(OC)c(OC)c(OC)c2)cc1. The molecule has 1 aromatic heterocycles. The monoisotopic (exact) mass is 503 g/mol. The van der Waals surface area contributed by atoms with Gasteiger partial charge in [0.25, 0.3) is 5.91 Å². The van der Waals surface area contributed by atoms with Crippen molar-refractivity contribution in [1.29, 1.82) is 0 Å². The van der Waals surface area contributed by atoms with Crippen molar-refractivity contribution >= 4 is 22.6 Å². The van der Waals surface area contributed by atoms with Crippen LogP contribution in [-0.2, 0) is 4.79 Å². The highest BCUT2D eigenvalue weighted by Crippen LogP contribution is 2.48. The molecule has 1 N–H and O–H groups in total. The predicted molar refractivity (Wildman–Crippen MR) is 136 cm³/mol. The van der Waals surface area contributed by atoms with E-state index in [1.165, 1.54) is 21.3 Å². The fraction of sp³-hybridized carbons (Fsp3) is 0.214. The molecule has 0 bridgehead atoms. The summed E-state index contributed by atoms with van der Waals surface area (Å²) in [7, 11) is 6.06. The second-order valence-electron chi connectivity index (χ2n) is 8.32. The van der Waals surface area contributed by atoms with Crippen molar-refractivity contribution < 1.29 is 32.9 Å². The fourth-order valence-corrected chi connectivity index (χ4v) is 4.59. The number of nitrogens with one attached hydrogen (secondary N) is 1. The van der Waals surface area contributed by atoms with Gasteiger partial charge >= 0.3 is 5.63 Å². The van der Waals surface area contributed by atoms with Gasteiger partial charge in [-0.1, -0.05) is 12.1 Å². The molecule has 2 unspecified atom stereocenters. The third kappa shape index (κ3) is 4.18. The quantitative estimate of drug-likeness (QED) is 0.371. The Morgan fingerprint density at radius 3 is 2.16 bits per heavy atom. The van der Waals surface area contributed by atoms with E-state index in [1.807, 2.05) is 6.07 Å². The van der Waals surface area contributed by atoms with Gasteiger partial charge in [0.2, 0.25) is 5.75 Å². The lowest BCUT2D eigenvalue weighted by atomic mass is 9.87. The molecule has 190 valence electrons. The van der Waals surface area contributed by atoms with E-state index in [1.54, 1.807) is 61.7 Å². The van der Waals surface area contributed by atoms with Gasteiger partial charge in [-0.2, -0.15) is 0 Å². The molecular weight excluding hydrogens is 478 g/mol. The molecule has 0 aliphatic carbocycles. The Balaban J connectivity index is 1.66. The molecule has 0 radical (unpaired) electrons. The summed E-state index contributed by atoms with van der Waals surface area (Å²) in [5, 5.41) is 3.47. The number of hydrogen-bond donors (Lipinski definition) is 1. The Bertz CT molecular complexity index is 1500. The molecule has 0 saturated carbocycles. The zero-order chi connectivity index (χ0) is 26.1. The highest BCUT2D eigenvalue weighted by Gasteiger charge is 2.45. The summed E-state index contributed by atoms with van der Waals surface area (Å²) in [5.41, 5.74) is 1.12. The third-order valence-electron chi connectivity index (χ3n) is 6.32. The first-order valence-electron chi connectivity index (χ1n) is 11.5. The van der Waals surface area contributed by atoms with E-state index in [9.17, 15) is 9.59 Å². The number of anilines is 1. The normalized spacial score (nSPS) is 16.0. The summed E-state index contributed by atoms with van der Waals surface area (Å²) in [4.78, 5) is 26.9. The molecule has 2 heterocycles. The van der Waals surface area contributed by atoms with Crippen LogP contribution < -0.4 is 34.6 Å². The number of carbonyl (C=O) groups excluding carboxylic acids is 1. The molecule has 3 aromatic carbocycles. The fourth-order valence-electron chi connectivity index (χ4n) is 4.59. The van der Waals surface area contributed by atoms with Gasteiger partial charge in [-0.25, -0.2) is 4.79 Å². The summed E-state index contributed by atoms with van der Waals surface area (Å²) in [5.74, 6) is 0.848. The number of carbonyl (C=O) groups is 1. The second kappa shape index (κ2) is 9.77. The van der Waals surface area contributed by atoms with Crippen LogP contribution in [0.15, 0.2) is 69.9 Å². The standard InChI is InChI=1S/C28H25NO8/c1-32-17-11-9-16(10-12-17)29-27(30)26-22(15-13-20(33-2)25(35-4)21(14-15)34-3)23-24(37-26)18-7-5-6-8-19(18)36-28(23)31/h5-14,22,26H,1-4H3,(H,29,30). The Morgan fingerprint density at radius 2 is 1.54 bits per heavy atom. The van der Waals surface area contributed by atoms with Crippen molar-refractivity contribution in [3.63, 3.8) is 0 Å². The summed E-state index contributed by atoms with van der Waals surface area (Å²) in [6.07, 6.45) is -1.09. The van der Waals surface area contributed by atoms with Gasteiger partial charge < -0.3 is 33.4 Å². The number of ether oxygens (including phenoxy) is 5. The van der Waals surface area contributed by atoms with Gasteiger partial charge in [0.05, 0.1) is 45.3 Å². The van der Waals surface area contributed by atoms with Crippen LogP contribution in [0.1, 0.15) is 17.0 Å². The zero-order valence-electron chi connectivity index (χ0n) is 20.7. The van der Waals surface area contributed by atoms with Gasteiger partial charge in [-0.05, 0) is 54.1 Å². The average Bonchev–Trinajstić information content (AvgIpc) is 3.34. The van der Waals surface area contributed by atoms with Crippen molar-refractivity contribution in [2.45, 2.75) is 12.0 Å². The van der Waals surface area contributed by atoms with Crippen LogP contribution in [-0.4, -0.2) is 40.5 Å². The molecule has 9 heteroatoms. The Morgan fingerprint density at radius 1 is 0.865 bits per heavy atom. The topological polar surface area (TPSA) is 105 Å². The van der Waals surface area contributed by atoms with E-state index in [0.717, 1.165) is 0 Å². The van der Waals surface area contributed by atoms with Gasteiger partial charge in [0.1, 0.15) is 17.1 Å². The van der Waals surface area contributed by atoms with Gasteiger partial charge in [0, 0.05) is 5.69 Å². The average molecular weight is 504 g/mol. The van der Waals surface area contributed by atoms with E-state index < -0.39 is 23.6 Å². The number of fused-ring (bicyclic) bond motifs is 3. The number of amides is 1. The highest BCUT2D eigenvalue weighted by atomic mass is 16.5. The summed E-state index contributed by atoms with van der Waals surface area (Å²) >= 11 is 0. The predicted octanol–water partition coefficient (Wildman–Crippen LogP) is 4.36. The Hall–Kier alpha value is -4.66. The molecule has 1 aliphatic heterocycles. The number of methoxy groups -OCH3 is 4. The second-order valence-corrected chi connectivity index (χ2v) is 8.32. The molecule has 4 aromatic rings. The molecule has 1 amide bonds. The van der Waals surface area contributed by atoms with E-state index in [4.69, 9.17) is 28.1 Å². The number of para-hydroxylation sites is 1. The van der Waals surface area contributed by atoms with E-state index in [0.29, 0.717) is 51.0 Å². The van der Waals surface area contributed by atoms with Gasteiger partial charge in [-0.15, -0.1) is 0 Å². The first kappa shape index (κ1) is 24.1. The highest BCUT2D eigenvalue weighted by molar-refractivity contribution is 5.97. The zero-order valence-corrected chi connectivity index (χ0v) is 20.7. The van der Waals surface area contributed by atoms with Crippen LogP contribution >= 0.6 is 0 Å². The molecule has 1 aliphatic rings.